The molecule has 0 spiro atoms. The minimum Gasteiger partial charge on any atom is -0.457 e. The van der Waals surface area contributed by atoms with Gasteiger partial charge in [0.05, 0.1) is 11.9 Å². The van der Waals surface area contributed by atoms with E-state index in [2.05, 4.69) is 0 Å². The number of primary amides is 1. The van der Waals surface area contributed by atoms with Gasteiger partial charge in [-0.05, 0) is 78.9 Å². The third-order valence-corrected chi connectivity index (χ3v) is 7.45. The first-order chi connectivity index (χ1) is 18.0. The number of fused-ring (bicyclic) bond motifs is 1. The summed E-state index contributed by atoms with van der Waals surface area (Å²) >= 11 is 0. The zero-order valence-electron chi connectivity index (χ0n) is 20.4. The van der Waals surface area contributed by atoms with Gasteiger partial charge >= 0.3 is 12.1 Å². The quantitative estimate of drug-likeness (QED) is 0.242. The van der Waals surface area contributed by atoms with Gasteiger partial charge in [0.1, 0.15) is 34.2 Å². The van der Waals surface area contributed by atoms with E-state index < -0.39 is 22.1 Å². The number of nitrogens with zero attached hydrogens (tertiary/aromatic N) is 1. The number of amides is 1. The van der Waals surface area contributed by atoms with Crippen LogP contribution in [0.2, 0.25) is 0 Å². The van der Waals surface area contributed by atoms with Crippen LogP contribution >= 0.6 is 0 Å². The molecule has 196 valence electrons. The molecule has 4 aromatic rings. The fourth-order valence-electron chi connectivity index (χ4n) is 4.18. The van der Waals surface area contributed by atoms with E-state index >= 15 is 0 Å². The smallest absolute Gasteiger partial charge is 0.412 e. The molecule has 0 saturated heterocycles. The second kappa shape index (κ2) is 9.49. The number of halogens is 1. The van der Waals surface area contributed by atoms with E-state index in [1.54, 1.807) is 36.4 Å². The normalized spacial score (nSPS) is 13.3. The highest BCUT2D eigenvalue weighted by Crippen LogP contribution is 2.48. The van der Waals surface area contributed by atoms with Crippen molar-refractivity contribution < 1.29 is 36.3 Å². The molecule has 0 unspecified atom stereocenters. The first-order valence-electron chi connectivity index (χ1n) is 11.6. The van der Waals surface area contributed by atoms with Crippen molar-refractivity contribution >= 4 is 38.7 Å². The second-order valence-electron chi connectivity index (χ2n) is 9.01. The Bertz CT molecular complexity index is 1660. The van der Waals surface area contributed by atoms with Gasteiger partial charge in [-0.2, -0.15) is 0 Å². The van der Waals surface area contributed by atoms with Gasteiger partial charge in [-0.1, -0.05) is 0 Å². The summed E-state index contributed by atoms with van der Waals surface area (Å²) in [4.78, 5) is 24.4. The Balaban J connectivity index is 1.61. The van der Waals surface area contributed by atoms with E-state index in [4.69, 9.17) is 19.6 Å². The monoisotopic (exact) mass is 538 g/mol. The third-order valence-electron chi connectivity index (χ3n) is 6.25. The number of rotatable bonds is 7. The number of hydrogen-bond donors (Lipinski definition) is 1. The number of hydrogen-bond acceptors (Lipinski definition) is 7. The van der Waals surface area contributed by atoms with Crippen molar-refractivity contribution in [1.82, 2.24) is 0 Å². The van der Waals surface area contributed by atoms with E-state index in [-0.39, 0.29) is 28.6 Å². The van der Waals surface area contributed by atoms with Crippen LogP contribution in [0.4, 0.5) is 14.9 Å². The maximum atomic E-state index is 13.2. The van der Waals surface area contributed by atoms with Crippen LogP contribution < -0.4 is 14.8 Å². The third kappa shape index (κ3) is 5.05. The zero-order valence-corrected chi connectivity index (χ0v) is 21.3. The van der Waals surface area contributed by atoms with Crippen LogP contribution in [0, 0.1) is 5.82 Å². The summed E-state index contributed by atoms with van der Waals surface area (Å²) in [7, 11) is -2.12. The number of sulfonamides is 1. The number of carbonyl (C=O) groups is 2. The number of nitrogens with two attached hydrogens (primary N) is 1. The van der Waals surface area contributed by atoms with Crippen molar-refractivity contribution in [2.75, 3.05) is 17.6 Å². The lowest BCUT2D eigenvalue weighted by atomic mass is 10.0. The summed E-state index contributed by atoms with van der Waals surface area (Å²) in [6.45, 7) is 0. The molecule has 0 radical (unpaired) electrons. The second-order valence-corrected chi connectivity index (χ2v) is 11.0. The molecule has 9 nitrogen and oxygen atoms in total. The molecule has 5 rings (SSSR count). The molecule has 0 aliphatic heterocycles. The van der Waals surface area contributed by atoms with E-state index in [9.17, 15) is 22.4 Å². The zero-order chi connectivity index (χ0) is 27.2. The highest BCUT2D eigenvalue weighted by Gasteiger charge is 2.32. The summed E-state index contributed by atoms with van der Waals surface area (Å²) in [5.41, 5.74) is 6.99. The van der Waals surface area contributed by atoms with Crippen LogP contribution in [0.15, 0.2) is 65.1 Å². The van der Waals surface area contributed by atoms with Crippen LogP contribution in [0.25, 0.3) is 22.3 Å². The average molecular weight is 539 g/mol. The SMILES string of the molecule is CN(c1cc2oc(-c3ccc(Oc4ccc(F)cc4)cc3)c(C(=O)OC(N)=O)c2cc1C1CC1)S(C)(=O)=O. The maximum Gasteiger partial charge on any atom is 0.412 e. The molecule has 1 aliphatic carbocycles. The fourth-order valence-corrected chi connectivity index (χ4v) is 4.70. The van der Waals surface area contributed by atoms with Crippen molar-refractivity contribution in [1.29, 1.82) is 0 Å². The number of furan rings is 1. The lowest BCUT2D eigenvalue weighted by molar-refractivity contribution is 0.0640. The largest absolute Gasteiger partial charge is 0.457 e. The number of ether oxygens (including phenoxy) is 2. The number of carbonyl (C=O) groups excluding carboxylic acids is 2. The molecule has 1 heterocycles. The minimum absolute atomic E-state index is 0.0125. The molecule has 11 heteroatoms. The van der Waals surface area contributed by atoms with Gasteiger partial charge in [0.25, 0.3) is 0 Å². The highest BCUT2D eigenvalue weighted by molar-refractivity contribution is 7.92. The minimum atomic E-state index is -3.57. The van der Waals surface area contributed by atoms with Gasteiger partial charge in [0.2, 0.25) is 10.0 Å². The molecule has 0 bridgehead atoms. The molecule has 1 aromatic heterocycles. The van der Waals surface area contributed by atoms with Crippen LogP contribution in [-0.2, 0) is 14.8 Å². The number of anilines is 1. The Labute approximate surface area is 217 Å². The first kappa shape index (κ1) is 25.3. The Hall–Kier alpha value is -4.38. The van der Waals surface area contributed by atoms with Crippen LogP contribution in [0.5, 0.6) is 11.5 Å². The molecular formula is C27H23FN2O7S. The average Bonchev–Trinajstić information content (AvgIpc) is 3.63. The van der Waals surface area contributed by atoms with Gasteiger partial charge in [-0.15, -0.1) is 0 Å². The van der Waals surface area contributed by atoms with E-state index in [1.165, 1.54) is 35.6 Å². The van der Waals surface area contributed by atoms with Crippen molar-refractivity contribution in [3.63, 3.8) is 0 Å². The molecule has 1 amide bonds. The van der Waals surface area contributed by atoms with Crippen LogP contribution in [-0.4, -0.2) is 33.8 Å². The van der Waals surface area contributed by atoms with Crippen molar-refractivity contribution in [3.05, 3.63) is 77.6 Å². The van der Waals surface area contributed by atoms with Crippen LogP contribution in [0.1, 0.15) is 34.7 Å². The topological polar surface area (TPSA) is 129 Å². The maximum absolute atomic E-state index is 13.2. The molecular weight excluding hydrogens is 515 g/mol. The van der Waals surface area contributed by atoms with Gasteiger partial charge in [-0.25, -0.2) is 22.4 Å². The Morgan fingerprint density at radius 3 is 2.18 bits per heavy atom. The lowest BCUT2D eigenvalue weighted by Crippen LogP contribution is -2.25. The molecule has 0 atom stereocenters. The summed E-state index contributed by atoms with van der Waals surface area (Å²) in [5.74, 6) is -0.262. The van der Waals surface area contributed by atoms with E-state index in [1.807, 2.05) is 0 Å². The van der Waals surface area contributed by atoms with Crippen molar-refractivity contribution in [2.45, 2.75) is 18.8 Å². The molecule has 3 aromatic carbocycles. The lowest BCUT2D eigenvalue weighted by Gasteiger charge is -2.20. The highest BCUT2D eigenvalue weighted by atomic mass is 32.2. The van der Waals surface area contributed by atoms with Gasteiger partial charge in [-0.3, -0.25) is 4.31 Å². The molecule has 1 saturated carbocycles. The van der Waals surface area contributed by atoms with Crippen molar-refractivity contribution in [2.24, 2.45) is 5.73 Å². The van der Waals surface area contributed by atoms with Gasteiger partial charge in [0.15, 0.2) is 0 Å². The standard InChI is InChI=1S/C27H23FN2O7S/c1-30(38(2,33)34)22-14-23-21(13-20(22)15-3-4-15)24(26(31)37-27(29)32)25(36-23)16-5-9-18(10-6-16)35-19-11-7-17(28)8-12-19/h5-15H,3-4H2,1-2H3,(H2,29,32). The number of esters is 1. The summed E-state index contributed by atoms with van der Waals surface area (Å²) < 4.78 is 55.4. The summed E-state index contributed by atoms with van der Waals surface area (Å²) in [6.07, 6.45) is 1.58. The van der Waals surface area contributed by atoms with E-state index in [0.717, 1.165) is 24.7 Å². The summed E-state index contributed by atoms with van der Waals surface area (Å²) in [5, 5.41) is 0.366. The van der Waals surface area contributed by atoms with Gasteiger partial charge < -0.3 is 19.6 Å². The molecule has 1 fully saturated rings. The van der Waals surface area contributed by atoms with Crippen molar-refractivity contribution in [3.8, 4) is 22.8 Å². The molecule has 38 heavy (non-hydrogen) atoms. The molecule has 1 aliphatic rings. The van der Waals surface area contributed by atoms with Crippen LogP contribution in [0.3, 0.4) is 0 Å². The summed E-state index contributed by atoms with van der Waals surface area (Å²) in [6, 6.07) is 15.4. The Morgan fingerprint density at radius 2 is 1.63 bits per heavy atom. The van der Waals surface area contributed by atoms with Gasteiger partial charge in [0, 0.05) is 24.1 Å². The first-order valence-corrected chi connectivity index (χ1v) is 13.5. The number of benzene rings is 3. The Kier molecular flexibility index (Phi) is 6.31. The molecule has 2 N–H and O–H groups in total. The Morgan fingerprint density at radius 1 is 1.03 bits per heavy atom. The predicted octanol–water partition coefficient (Wildman–Crippen LogP) is 5.54. The fraction of sp³-hybridized carbons (Fsp3) is 0.185. The van der Waals surface area contributed by atoms with E-state index in [0.29, 0.717) is 28.1 Å². The predicted molar refractivity (Wildman–Crippen MR) is 138 cm³/mol.